The van der Waals surface area contributed by atoms with Gasteiger partial charge in [-0.05, 0) is 32.4 Å². The lowest BCUT2D eigenvalue weighted by atomic mass is 10.1. The van der Waals surface area contributed by atoms with Crippen LogP contribution in [0.1, 0.15) is 19.4 Å². The molecular formula is C17H15F3N4O4. The zero-order valence-corrected chi connectivity index (χ0v) is 15.0. The van der Waals surface area contributed by atoms with Crippen LogP contribution >= 0.6 is 0 Å². The number of halogens is 3. The largest absolute Gasteiger partial charge is 0.573 e. The number of imide groups is 1. The summed E-state index contributed by atoms with van der Waals surface area (Å²) in [5, 5.41) is 2.51. The first-order valence-corrected chi connectivity index (χ1v) is 7.99. The van der Waals surface area contributed by atoms with Crippen LogP contribution in [0, 0.1) is 6.92 Å². The van der Waals surface area contributed by atoms with E-state index in [0.29, 0.717) is 0 Å². The summed E-state index contributed by atoms with van der Waals surface area (Å²) in [6.07, 6.45) is -3.78. The summed E-state index contributed by atoms with van der Waals surface area (Å²) >= 11 is 0. The number of carbonyl (C=O) groups is 2. The summed E-state index contributed by atoms with van der Waals surface area (Å²) in [4.78, 5) is 33.0. The molecule has 2 heterocycles. The first-order valence-electron chi connectivity index (χ1n) is 7.99. The Morgan fingerprint density at radius 3 is 2.46 bits per heavy atom. The number of urea groups is 1. The van der Waals surface area contributed by atoms with Gasteiger partial charge in [0.1, 0.15) is 23.4 Å². The highest BCUT2D eigenvalue weighted by atomic mass is 19.4. The van der Waals surface area contributed by atoms with Crippen molar-refractivity contribution in [3.05, 3.63) is 36.2 Å². The van der Waals surface area contributed by atoms with E-state index >= 15 is 0 Å². The predicted octanol–water partition coefficient (Wildman–Crippen LogP) is 3.31. The number of benzene rings is 1. The summed E-state index contributed by atoms with van der Waals surface area (Å²) in [5.74, 6) is -1.02. The SMILES string of the molecule is Cc1ccc(Oc2cc(N3C(=O)NC(C)(C)C3=O)ncn2)cc1OC(F)(F)F. The van der Waals surface area contributed by atoms with E-state index in [1.807, 2.05) is 0 Å². The van der Waals surface area contributed by atoms with Crippen LogP contribution in [-0.4, -0.2) is 33.8 Å². The number of aromatic nitrogens is 2. The van der Waals surface area contributed by atoms with Crippen LogP contribution in [0.2, 0.25) is 0 Å². The molecule has 1 aliphatic heterocycles. The number of ether oxygens (including phenoxy) is 2. The highest BCUT2D eigenvalue weighted by Gasteiger charge is 2.45. The minimum atomic E-state index is -4.85. The number of nitrogens with one attached hydrogen (secondary N) is 1. The topological polar surface area (TPSA) is 93.7 Å². The molecule has 8 nitrogen and oxygen atoms in total. The number of aryl methyl sites for hydroxylation is 1. The van der Waals surface area contributed by atoms with Gasteiger partial charge in [0.15, 0.2) is 5.82 Å². The molecule has 3 rings (SSSR count). The Kier molecular flexibility index (Phi) is 4.61. The van der Waals surface area contributed by atoms with Crippen molar-refractivity contribution in [1.29, 1.82) is 0 Å². The summed E-state index contributed by atoms with van der Waals surface area (Å²) in [5.41, 5.74) is -0.835. The number of anilines is 1. The second-order valence-corrected chi connectivity index (χ2v) is 6.49. The van der Waals surface area contributed by atoms with Gasteiger partial charge in [0.05, 0.1) is 0 Å². The lowest BCUT2D eigenvalue weighted by Gasteiger charge is -2.16. The fourth-order valence-electron chi connectivity index (χ4n) is 2.46. The Labute approximate surface area is 157 Å². The molecule has 2 aromatic rings. The summed E-state index contributed by atoms with van der Waals surface area (Å²) < 4.78 is 46.8. The van der Waals surface area contributed by atoms with Gasteiger partial charge in [-0.1, -0.05) is 6.07 Å². The normalized spacial score (nSPS) is 16.1. The van der Waals surface area contributed by atoms with Crippen LogP contribution in [0.5, 0.6) is 17.4 Å². The lowest BCUT2D eigenvalue weighted by molar-refractivity contribution is -0.274. The predicted molar refractivity (Wildman–Crippen MR) is 90.1 cm³/mol. The third kappa shape index (κ3) is 3.97. The molecule has 0 radical (unpaired) electrons. The van der Waals surface area contributed by atoms with Crippen LogP contribution in [0.3, 0.4) is 0 Å². The minimum absolute atomic E-state index is 0.0204. The Balaban J connectivity index is 1.85. The molecule has 0 aliphatic carbocycles. The molecule has 1 fully saturated rings. The number of alkyl halides is 3. The molecule has 0 bridgehead atoms. The van der Waals surface area contributed by atoms with Crippen LogP contribution in [-0.2, 0) is 4.79 Å². The summed E-state index contributed by atoms with van der Waals surface area (Å²) in [6.45, 7) is 4.54. The van der Waals surface area contributed by atoms with Crippen molar-refractivity contribution in [2.75, 3.05) is 4.90 Å². The molecule has 148 valence electrons. The van der Waals surface area contributed by atoms with Gasteiger partial charge in [0.2, 0.25) is 5.88 Å². The third-order valence-electron chi connectivity index (χ3n) is 3.82. The van der Waals surface area contributed by atoms with Crippen molar-refractivity contribution in [2.24, 2.45) is 0 Å². The Morgan fingerprint density at radius 1 is 1.14 bits per heavy atom. The molecule has 0 saturated carbocycles. The van der Waals surface area contributed by atoms with Gasteiger partial charge in [-0.15, -0.1) is 13.2 Å². The molecule has 1 N–H and O–H groups in total. The number of nitrogens with zero attached hydrogens (tertiary/aromatic N) is 3. The quantitative estimate of drug-likeness (QED) is 0.797. The van der Waals surface area contributed by atoms with Gasteiger partial charge in [0.25, 0.3) is 5.91 Å². The highest BCUT2D eigenvalue weighted by molar-refractivity contribution is 6.22. The van der Waals surface area contributed by atoms with Crippen LogP contribution < -0.4 is 19.7 Å². The monoisotopic (exact) mass is 396 g/mol. The van der Waals surface area contributed by atoms with Gasteiger partial charge < -0.3 is 14.8 Å². The van der Waals surface area contributed by atoms with E-state index in [2.05, 4.69) is 20.0 Å². The van der Waals surface area contributed by atoms with E-state index < -0.39 is 29.6 Å². The first kappa shape index (κ1) is 19.4. The van der Waals surface area contributed by atoms with E-state index in [4.69, 9.17) is 4.74 Å². The van der Waals surface area contributed by atoms with Crippen LogP contribution in [0.4, 0.5) is 23.8 Å². The number of carbonyl (C=O) groups excluding carboxylic acids is 2. The smallest absolute Gasteiger partial charge is 0.439 e. The Bertz CT molecular complexity index is 946. The number of hydrogen-bond acceptors (Lipinski definition) is 6. The third-order valence-corrected chi connectivity index (χ3v) is 3.82. The van der Waals surface area contributed by atoms with Crippen molar-refractivity contribution in [3.8, 4) is 17.4 Å². The highest BCUT2D eigenvalue weighted by Crippen LogP contribution is 2.32. The van der Waals surface area contributed by atoms with Crippen molar-refractivity contribution in [2.45, 2.75) is 32.7 Å². The molecule has 3 amide bonds. The number of rotatable bonds is 4. The Hall–Kier alpha value is -3.37. The summed E-state index contributed by atoms with van der Waals surface area (Å²) in [7, 11) is 0. The molecule has 0 spiro atoms. The summed E-state index contributed by atoms with van der Waals surface area (Å²) in [6, 6.07) is 4.44. The molecule has 1 saturated heterocycles. The van der Waals surface area contributed by atoms with Crippen molar-refractivity contribution in [1.82, 2.24) is 15.3 Å². The van der Waals surface area contributed by atoms with Crippen LogP contribution in [0.15, 0.2) is 30.6 Å². The minimum Gasteiger partial charge on any atom is -0.439 e. The van der Waals surface area contributed by atoms with Crippen molar-refractivity contribution < 1.29 is 32.2 Å². The van der Waals surface area contributed by atoms with Crippen molar-refractivity contribution >= 4 is 17.8 Å². The van der Waals surface area contributed by atoms with E-state index in [0.717, 1.165) is 17.3 Å². The molecule has 0 unspecified atom stereocenters. The molecule has 0 atom stereocenters. The Morgan fingerprint density at radius 2 is 1.86 bits per heavy atom. The van der Waals surface area contributed by atoms with Gasteiger partial charge >= 0.3 is 12.4 Å². The standard InChI is InChI=1S/C17H15F3N4O4/c1-9-4-5-10(6-11(9)28-17(18,19)20)27-13-7-12(21-8-22-13)24-14(25)16(2,3)23-15(24)26/h4-8H,1-3H3,(H,23,26). The number of amides is 3. The molecule has 28 heavy (non-hydrogen) atoms. The molecule has 1 aromatic carbocycles. The molecular weight excluding hydrogens is 381 g/mol. The fraction of sp³-hybridized carbons (Fsp3) is 0.294. The maximum Gasteiger partial charge on any atom is 0.573 e. The molecule has 1 aliphatic rings. The van der Waals surface area contributed by atoms with Gasteiger partial charge in [-0.25, -0.2) is 19.7 Å². The molecule has 1 aromatic heterocycles. The van der Waals surface area contributed by atoms with Crippen molar-refractivity contribution in [3.63, 3.8) is 0 Å². The van der Waals surface area contributed by atoms with E-state index in [-0.39, 0.29) is 23.0 Å². The van der Waals surface area contributed by atoms with Gasteiger partial charge in [-0.3, -0.25) is 4.79 Å². The van der Waals surface area contributed by atoms with E-state index in [1.54, 1.807) is 13.8 Å². The second-order valence-electron chi connectivity index (χ2n) is 6.49. The van der Waals surface area contributed by atoms with Crippen LogP contribution in [0.25, 0.3) is 0 Å². The maximum absolute atomic E-state index is 12.5. The zero-order chi connectivity index (χ0) is 20.7. The second kappa shape index (κ2) is 6.66. The van der Waals surface area contributed by atoms with E-state index in [9.17, 15) is 22.8 Å². The fourth-order valence-corrected chi connectivity index (χ4v) is 2.46. The maximum atomic E-state index is 12.5. The first-order chi connectivity index (χ1) is 13.0. The average Bonchev–Trinajstić information content (AvgIpc) is 2.77. The van der Waals surface area contributed by atoms with Gasteiger partial charge in [0, 0.05) is 12.1 Å². The average molecular weight is 396 g/mol. The zero-order valence-electron chi connectivity index (χ0n) is 15.0. The lowest BCUT2D eigenvalue weighted by Crippen LogP contribution is -2.40. The van der Waals surface area contributed by atoms with Gasteiger partial charge in [-0.2, -0.15) is 0 Å². The number of hydrogen-bond donors (Lipinski definition) is 1. The molecule has 11 heteroatoms. The van der Waals surface area contributed by atoms with E-state index in [1.165, 1.54) is 25.1 Å².